The minimum Gasteiger partial charge on any atom is -0.373 e. The van der Waals surface area contributed by atoms with Crippen LogP contribution in [0, 0.1) is 0 Å². The highest BCUT2D eigenvalue weighted by Gasteiger charge is 2.20. The van der Waals surface area contributed by atoms with Crippen molar-refractivity contribution >= 4 is 0 Å². The SMILES string of the molecule is OC1CCn2ccnc2-c2nccn21. The zero-order valence-corrected chi connectivity index (χ0v) is 7.54. The van der Waals surface area contributed by atoms with E-state index in [9.17, 15) is 5.11 Å². The summed E-state index contributed by atoms with van der Waals surface area (Å²) in [5.41, 5.74) is 0. The van der Waals surface area contributed by atoms with E-state index in [2.05, 4.69) is 9.97 Å². The van der Waals surface area contributed by atoms with Crippen molar-refractivity contribution in [3.05, 3.63) is 24.8 Å². The van der Waals surface area contributed by atoms with E-state index in [-0.39, 0.29) is 0 Å². The Kier molecular flexibility index (Phi) is 1.49. The van der Waals surface area contributed by atoms with Crippen molar-refractivity contribution in [1.82, 2.24) is 19.1 Å². The van der Waals surface area contributed by atoms with Crippen LogP contribution in [0.2, 0.25) is 0 Å². The maximum Gasteiger partial charge on any atom is 0.178 e. The standard InChI is InChI=1S/C9H10N4O/c14-7-1-4-12-5-2-10-8(12)9-11-3-6-13(7)9/h2-3,5-7,14H,1,4H2. The van der Waals surface area contributed by atoms with Crippen LogP contribution in [0.3, 0.4) is 0 Å². The first-order valence-corrected chi connectivity index (χ1v) is 4.58. The number of fused-ring (bicyclic) bond motifs is 3. The second-order valence-electron chi connectivity index (χ2n) is 3.37. The van der Waals surface area contributed by atoms with Gasteiger partial charge in [0.25, 0.3) is 0 Å². The minimum atomic E-state index is -0.491. The van der Waals surface area contributed by atoms with Crippen LogP contribution >= 0.6 is 0 Å². The maximum atomic E-state index is 9.80. The molecule has 0 spiro atoms. The van der Waals surface area contributed by atoms with Gasteiger partial charge in [0.2, 0.25) is 0 Å². The Morgan fingerprint density at radius 3 is 2.93 bits per heavy atom. The van der Waals surface area contributed by atoms with Gasteiger partial charge in [-0.3, -0.25) is 0 Å². The first-order valence-electron chi connectivity index (χ1n) is 4.58. The molecular formula is C9H10N4O. The molecule has 5 heteroatoms. The summed E-state index contributed by atoms with van der Waals surface area (Å²) in [4.78, 5) is 8.43. The molecule has 2 aromatic rings. The molecule has 1 unspecified atom stereocenters. The van der Waals surface area contributed by atoms with Crippen LogP contribution in [0.15, 0.2) is 24.8 Å². The van der Waals surface area contributed by atoms with Crippen LogP contribution in [-0.4, -0.2) is 24.2 Å². The minimum absolute atomic E-state index is 0.491. The van der Waals surface area contributed by atoms with E-state index in [0.717, 1.165) is 18.2 Å². The van der Waals surface area contributed by atoms with Crippen LogP contribution in [-0.2, 0) is 6.54 Å². The summed E-state index contributed by atoms with van der Waals surface area (Å²) in [6, 6.07) is 0. The van der Waals surface area contributed by atoms with E-state index in [4.69, 9.17) is 0 Å². The Morgan fingerprint density at radius 1 is 1.21 bits per heavy atom. The molecule has 0 aliphatic carbocycles. The third-order valence-electron chi connectivity index (χ3n) is 2.53. The second-order valence-corrected chi connectivity index (χ2v) is 3.37. The number of imidazole rings is 2. The number of aliphatic hydroxyl groups is 1. The lowest BCUT2D eigenvalue weighted by atomic mass is 10.4. The molecule has 0 bridgehead atoms. The lowest BCUT2D eigenvalue weighted by molar-refractivity contribution is 0.0942. The normalized spacial score (nSPS) is 19.9. The molecule has 0 saturated carbocycles. The van der Waals surface area contributed by atoms with Crippen molar-refractivity contribution in [3.8, 4) is 11.6 Å². The third-order valence-corrected chi connectivity index (χ3v) is 2.53. The number of nitrogens with zero attached hydrogens (tertiary/aromatic N) is 4. The van der Waals surface area contributed by atoms with E-state index >= 15 is 0 Å². The first-order chi connectivity index (χ1) is 6.86. The Balaban J connectivity index is 2.26. The first kappa shape index (κ1) is 7.75. The van der Waals surface area contributed by atoms with E-state index in [1.807, 2.05) is 10.8 Å². The average molecular weight is 190 g/mol. The summed E-state index contributed by atoms with van der Waals surface area (Å²) in [5.74, 6) is 1.56. The van der Waals surface area contributed by atoms with Crippen molar-refractivity contribution in [1.29, 1.82) is 0 Å². The van der Waals surface area contributed by atoms with Crippen LogP contribution in [0.25, 0.3) is 11.6 Å². The third kappa shape index (κ3) is 0.927. The fourth-order valence-electron chi connectivity index (χ4n) is 1.82. The smallest absolute Gasteiger partial charge is 0.178 e. The largest absolute Gasteiger partial charge is 0.373 e. The van der Waals surface area contributed by atoms with E-state index in [1.165, 1.54) is 0 Å². The monoisotopic (exact) mass is 190 g/mol. The number of aryl methyl sites for hydroxylation is 1. The van der Waals surface area contributed by atoms with E-state index < -0.39 is 6.23 Å². The fourth-order valence-corrected chi connectivity index (χ4v) is 1.82. The van der Waals surface area contributed by atoms with Crippen molar-refractivity contribution in [3.63, 3.8) is 0 Å². The molecule has 14 heavy (non-hydrogen) atoms. The summed E-state index contributed by atoms with van der Waals surface area (Å²) in [6.45, 7) is 0.778. The van der Waals surface area contributed by atoms with Gasteiger partial charge in [-0.15, -0.1) is 0 Å². The predicted molar refractivity (Wildman–Crippen MR) is 49.3 cm³/mol. The van der Waals surface area contributed by atoms with Gasteiger partial charge in [-0.2, -0.15) is 0 Å². The van der Waals surface area contributed by atoms with Crippen LogP contribution in [0.1, 0.15) is 12.6 Å². The highest BCUT2D eigenvalue weighted by molar-refractivity contribution is 5.45. The molecular weight excluding hydrogens is 180 g/mol. The summed E-state index contributed by atoms with van der Waals surface area (Å²) in [7, 11) is 0. The molecule has 2 aromatic heterocycles. The van der Waals surface area contributed by atoms with Crippen molar-refractivity contribution < 1.29 is 5.11 Å². The van der Waals surface area contributed by atoms with E-state index in [0.29, 0.717) is 6.42 Å². The molecule has 0 fully saturated rings. The highest BCUT2D eigenvalue weighted by Crippen LogP contribution is 2.24. The van der Waals surface area contributed by atoms with Gasteiger partial charge in [-0.1, -0.05) is 0 Å². The van der Waals surface area contributed by atoms with Gasteiger partial charge in [0.1, 0.15) is 6.23 Å². The summed E-state index contributed by atoms with van der Waals surface area (Å²) >= 11 is 0. The van der Waals surface area contributed by atoms with Gasteiger partial charge < -0.3 is 14.2 Å². The van der Waals surface area contributed by atoms with Gasteiger partial charge in [-0.05, 0) is 0 Å². The Morgan fingerprint density at radius 2 is 2.00 bits per heavy atom. The molecule has 5 nitrogen and oxygen atoms in total. The van der Waals surface area contributed by atoms with Crippen LogP contribution < -0.4 is 0 Å². The average Bonchev–Trinajstić information content (AvgIpc) is 2.80. The highest BCUT2D eigenvalue weighted by atomic mass is 16.3. The number of aliphatic hydroxyl groups excluding tert-OH is 1. The molecule has 1 N–H and O–H groups in total. The number of hydrogen-bond donors (Lipinski definition) is 1. The van der Waals surface area contributed by atoms with Crippen LogP contribution in [0.5, 0.6) is 0 Å². The molecule has 0 amide bonds. The van der Waals surface area contributed by atoms with Crippen molar-refractivity contribution in [2.24, 2.45) is 0 Å². The van der Waals surface area contributed by atoms with Crippen LogP contribution in [0.4, 0.5) is 0 Å². The van der Waals surface area contributed by atoms with Crippen molar-refractivity contribution in [2.45, 2.75) is 19.2 Å². The zero-order chi connectivity index (χ0) is 9.54. The molecule has 1 atom stereocenters. The number of hydrogen-bond acceptors (Lipinski definition) is 3. The number of aromatic nitrogens is 4. The van der Waals surface area contributed by atoms with Gasteiger partial charge in [0, 0.05) is 37.8 Å². The van der Waals surface area contributed by atoms with Gasteiger partial charge in [0.15, 0.2) is 11.6 Å². The quantitative estimate of drug-likeness (QED) is 0.663. The molecule has 1 aliphatic rings. The van der Waals surface area contributed by atoms with Gasteiger partial charge in [-0.25, -0.2) is 9.97 Å². The fraction of sp³-hybridized carbons (Fsp3) is 0.333. The Labute approximate surface area is 80.6 Å². The summed E-state index contributed by atoms with van der Waals surface area (Å²) in [6.07, 6.45) is 7.33. The lowest BCUT2D eigenvalue weighted by Gasteiger charge is -2.09. The molecule has 72 valence electrons. The zero-order valence-electron chi connectivity index (χ0n) is 7.54. The summed E-state index contributed by atoms with van der Waals surface area (Å²) in [5, 5.41) is 9.80. The molecule has 0 saturated heterocycles. The maximum absolute atomic E-state index is 9.80. The van der Waals surface area contributed by atoms with E-state index in [1.54, 1.807) is 23.2 Å². The molecule has 3 rings (SSSR count). The molecule has 0 aromatic carbocycles. The second kappa shape index (κ2) is 2.68. The van der Waals surface area contributed by atoms with Crippen molar-refractivity contribution in [2.75, 3.05) is 0 Å². The molecule has 0 radical (unpaired) electrons. The number of rotatable bonds is 0. The van der Waals surface area contributed by atoms with Gasteiger partial charge in [0.05, 0.1) is 0 Å². The topological polar surface area (TPSA) is 55.9 Å². The molecule has 3 heterocycles. The summed E-state index contributed by atoms with van der Waals surface area (Å²) < 4.78 is 3.76. The lowest BCUT2D eigenvalue weighted by Crippen LogP contribution is -2.07. The van der Waals surface area contributed by atoms with Gasteiger partial charge >= 0.3 is 0 Å². The molecule has 1 aliphatic heterocycles. The Bertz CT molecular complexity index is 459. The predicted octanol–water partition coefficient (Wildman–Crippen LogP) is 0.641. The Hall–Kier alpha value is -1.62.